The Labute approximate surface area is 195 Å². The summed E-state index contributed by atoms with van der Waals surface area (Å²) in [6.45, 7) is 5.00. The van der Waals surface area contributed by atoms with Crippen molar-refractivity contribution in [3.05, 3.63) is 65.2 Å². The molecule has 1 aliphatic heterocycles. The first-order chi connectivity index (χ1) is 15.7. The molecule has 33 heavy (non-hydrogen) atoms. The Morgan fingerprint density at radius 1 is 1.09 bits per heavy atom. The summed E-state index contributed by atoms with van der Waals surface area (Å²) < 4.78 is 11.2. The Hall–Kier alpha value is -3.32. The first-order valence-corrected chi connectivity index (χ1v) is 11.1. The number of ketones is 1. The van der Waals surface area contributed by atoms with Crippen LogP contribution < -0.4 is 9.47 Å². The second-order valence-corrected chi connectivity index (χ2v) is 8.58. The quantitative estimate of drug-likeness (QED) is 0.354. The summed E-state index contributed by atoms with van der Waals surface area (Å²) in [5, 5.41) is 11.2. The Balaban J connectivity index is 2.08. The number of hydrogen-bond donors (Lipinski definition) is 1. The van der Waals surface area contributed by atoms with Gasteiger partial charge in [0.05, 0.1) is 24.8 Å². The van der Waals surface area contributed by atoms with Crippen molar-refractivity contribution in [1.29, 1.82) is 0 Å². The van der Waals surface area contributed by atoms with Crippen LogP contribution in [0.4, 0.5) is 0 Å². The standard InChI is InChI=1S/C26H32N2O5/c1-17(2)33-19-13-11-18(12-14-19)24(29)22-23(20-9-6-7-10-21(20)32-5)28(26(31)25(22)30)16-8-15-27(3)4/h6-7,9-14,17,23,29H,8,15-16H2,1-5H3/b24-22+/t23-/m0/s1. The molecule has 176 valence electrons. The maximum Gasteiger partial charge on any atom is 0.295 e. The highest BCUT2D eigenvalue weighted by Crippen LogP contribution is 2.42. The molecule has 3 rings (SSSR count). The van der Waals surface area contributed by atoms with Gasteiger partial charge in [-0.05, 0) is 71.2 Å². The fourth-order valence-corrected chi connectivity index (χ4v) is 4.00. The molecule has 0 spiro atoms. The zero-order valence-corrected chi connectivity index (χ0v) is 19.9. The van der Waals surface area contributed by atoms with Gasteiger partial charge in [-0.3, -0.25) is 9.59 Å². The summed E-state index contributed by atoms with van der Waals surface area (Å²) in [4.78, 5) is 29.7. The highest BCUT2D eigenvalue weighted by Gasteiger charge is 2.46. The normalized spacial score (nSPS) is 17.8. The summed E-state index contributed by atoms with van der Waals surface area (Å²) in [6, 6.07) is 13.4. The molecule has 2 aromatic carbocycles. The van der Waals surface area contributed by atoms with Crippen LogP contribution in [0.5, 0.6) is 11.5 Å². The smallest absolute Gasteiger partial charge is 0.295 e. The topological polar surface area (TPSA) is 79.3 Å². The Morgan fingerprint density at radius 2 is 1.76 bits per heavy atom. The van der Waals surface area contributed by atoms with Gasteiger partial charge in [0.25, 0.3) is 11.7 Å². The van der Waals surface area contributed by atoms with Gasteiger partial charge in [-0.2, -0.15) is 0 Å². The van der Waals surface area contributed by atoms with Crippen LogP contribution in [0, 0.1) is 0 Å². The second kappa shape index (κ2) is 10.5. The lowest BCUT2D eigenvalue weighted by atomic mass is 9.94. The van der Waals surface area contributed by atoms with Crippen molar-refractivity contribution in [3.8, 4) is 11.5 Å². The number of benzene rings is 2. The summed E-state index contributed by atoms with van der Waals surface area (Å²) >= 11 is 0. The largest absolute Gasteiger partial charge is 0.507 e. The van der Waals surface area contributed by atoms with Crippen molar-refractivity contribution in [3.63, 3.8) is 0 Å². The molecule has 0 saturated carbocycles. The SMILES string of the molecule is COc1ccccc1[C@H]1/C(=C(\O)c2ccc(OC(C)C)cc2)C(=O)C(=O)N1CCCN(C)C. The molecule has 0 aromatic heterocycles. The Bertz CT molecular complexity index is 1030. The molecule has 1 heterocycles. The van der Waals surface area contributed by atoms with Crippen LogP contribution >= 0.6 is 0 Å². The number of rotatable bonds is 9. The van der Waals surface area contributed by atoms with E-state index in [0.29, 0.717) is 35.6 Å². The van der Waals surface area contributed by atoms with Gasteiger partial charge in [0.1, 0.15) is 17.3 Å². The number of aliphatic hydroxyl groups is 1. The van der Waals surface area contributed by atoms with Gasteiger partial charge in [-0.1, -0.05) is 18.2 Å². The number of carbonyl (C=O) groups is 2. The van der Waals surface area contributed by atoms with E-state index in [4.69, 9.17) is 9.47 Å². The molecule has 7 nitrogen and oxygen atoms in total. The number of methoxy groups -OCH3 is 1. The number of nitrogens with zero attached hydrogens (tertiary/aromatic N) is 2. The molecule has 0 radical (unpaired) electrons. The second-order valence-electron chi connectivity index (χ2n) is 8.58. The van der Waals surface area contributed by atoms with E-state index >= 15 is 0 Å². The minimum absolute atomic E-state index is 0.0162. The fourth-order valence-electron chi connectivity index (χ4n) is 4.00. The first-order valence-electron chi connectivity index (χ1n) is 11.1. The van der Waals surface area contributed by atoms with Crippen molar-refractivity contribution in [1.82, 2.24) is 9.80 Å². The Morgan fingerprint density at radius 3 is 2.36 bits per heavy atom. The molecule has 1 N–H and O–H groups in total. The molecule has 1 amide bonds. The predicted molar refractivity (Wildman–Crippen MR) is 127 cm³/mol. The van der Waals surface area contributed by atoms with Crippen molar-refractivity contribution >= 4 is 17.4 Å². The average molecular weight is 453 g/mol. The third-order valence-electron chi connectivity index (χ3n) is 5.48. The first kappa shape index (κ1) is 24.3. The van der Waals surface area contributed by atoms with Gasteiger partial charge in [0, 0.05) is 17.7 Å². The zero-order chi connectivity index (χ0) is 24.1. The van der Waals surface area contributed by atoms with Crippen molar-refractivity contribution in [2.45, 2.75) is 32.4 Å². The van der Waals surface area contributed by atoms with Crippen LogP contribution in [0.1, 0.15) is 37.4 Å². The Kier molecular flexibility index (Phi) is 7.76. The fraction of sp³-hybridized carbons (Fsp3) is 0.385. The maximum absolute atomic E-state index is 13.1. The number of amides is 1. The lowest BCUT2D eigenvalue weighted by molar-refractivity contribution is -0.140. The van der Waals surface area contributed by atoms with Gasteiger partial charge in [0.2, 0.25) is 0 Å². The number of hydrogen-bond acceptors (Lipinski definition) is 6. The molecule has 0 bridgehead atoms. The van der Waals surface area contributed by atoms with E-state index in [1.165, 1.54) is 4.90 Å². The van der Waals surface area contributed by atoms with Crippen LogP contribution in [-0.2, 0) is 9.59 Å². The molecule has 2 aromatic rings. The lowest BCUT2D eigenvalue weighted by Crippen LogP contribution is -2.32. The molecule has 0 unspecified atom stereocenters. The van der Waals surface area contributed by atoms with E-state index in [-0.39, 0.29) is 17.4 Å². The number of carbonyl (C=O) groups excluding carboxylic acids is 2. The summed E-state index contributed by atoms with van der Waals surface area (Å²) in [5.74, 6) is -0.322. The minimum Gasteiger partial charge on any atom is -0.507 e. The molecule has 1 atom stereocenters. The number of aliphatic hydroxyl groups excluding tert-OH is 1. The maximum atomic E-state index is 13.1. The monoisotopic (exact) mass is 452 g/mol. The van der Waals surface area contributed by atoms with E-state index in [9.17, 15) is 14.7 Å². The molecule has 7 heteroatoms. The van der Waals surface area contributed by atoms with Crippen LogP contribution in [0.25, 0.3) is 5.76 Å². The highest BCUT2D eigenvalue weighted by molar-refractivity contribution is 6.46. The van der Waals surface area contributed by atoms with E-state index in [0.717, 1.165) is 6.54 Å². The predicted octanol–water partition coefficient (Wildman–Crippen LogP) is 3.86. The molecule has 1 aliphatic rings. The van der Waals surface area contributed by atoms with Crippen molar-refractivity contribution < 1.29 is 24.2 Å². The number of likely N-dealkylation sites (tertiary alicyclic amines) is 1. The summed E-state index contributed by atoms with van der Waals surface area (Å²) in [7, 11) is 5.46. The van der Waals surface area contributed by atoms with E-state index < -0.39 is 17.7 Å². The average Bonchev–Trinajstić information content (AvgIpc) is 3.03. The van der Waals surface area contributed by atoms with E-state index in [1.54, 1.807) is 37.4 Å². The van der Waals surface area contributed by atoms with Crippen molar-refractivity contribution in [2.75, 3.05) is 34.3 Å². The molecular weight excluding hydrogens is 420 g/mol. The molecule has 1 saturated heterocycles. The molecule has 1 fully saturated rings. The number of Topliss-reactive ketones (excluding diaryl/α,β-unsaturated/α-hetero) is 1. The number of para-hydroxylation sites is 1. The van der Waals surface area contributed by atoms with Crippen LogP contribution in [0.15, 0.2) is 54.1 Å². The van der Waals surface area contributed by atoms with Gasteiger partial charge in [-0.15, -0.1) is 0 Å². The highest BCUT2D eigenvalue weighted by atomic mass is 16.5. The van der Waals surface area contributed by atoms with Crippen LogP contribution in [0.2, 0.25) is 0 Å². The van der Waals surface area contributed by atoms with Crippen molar-refractivity contribution in [2.24, 2.45) is 0 Å². The van der Waals surface area contributed by atoms with Gasteiger partial charge in [0.15, 0.2) is 0 Å². The van der Waals surface area contributed by atoms with Crippen LogP contribution in [-0.4, -0.2) is 67.0 Å². The van der Waals surface area contributed by atoms with Crippen LogP contribution in [0.3, 0.4) is 0 Å². The zero-order valence-electron chi connectivity index (χ0n) is 19.9. The summed E-state index contributed by atoms with van der Waals surface area (Å²) in [6.07, 6.45) is 0.704. The van der Waals surface area contributed by atoms with E-state index in [1.807, 2.05) is 51.0 Å². The third-order valence-corrected chi connectivity index (χ3v) is 5.48. The minimum atomic E-state index is -0.741. The molecular formula is C26H32N2O5. The third kappa shape index (κ3) is 5.37. The number of ether oxygens (including phenoxy) is 2. The van der Waals surface area contributed by atoms with Gasteiger partial charge in [-0.25, -0.2) is 0 Å². The van der Waals surface area contributed by atoms with E-state index in [2.05, 4.69) is 0 Å². The molecule has 0 aliphatic carbocycles. The van der Waals surface area contributed by atoms with Gasteiger partial charge >= 0.3 is 0 Å². The lowest BCUT2D eigenvalue weighted by Gasteiger charge is -2.27. The summed E-state index contributed by atoms with van der Waals surface area (Å²) in [5.41, 5.74) is 1.16. The van der Waals surface area contributed by atoms with Gasteiger partial charge < -0.3 is 24.4 Å².